The van der Waals surface area contributed by atoms with Crippen LogP contribution in [0.1, 0.15) is 133 Å². The monoisotopic (exact) mass is 770 g/mol. The molecule has 0 fully saturated rings. The van der Waals surface area contributed by atoms with E-state index in [-0.39, 0.29) is 35.7 Å². The van der Waals surface area contributed by atoms with Crippen LogP contribution >= 0.6 is 31.9 Å². The molecule has 0 aliphatic carbocycles. The molecule has 2 atom stereocenters. The summed E-state index contributed by atoms with van der Waals surface area (Å²) in [5.74, 6) is -0.995. The molecule has 48 heavy (non-hydrogen) atoms. The highest BCUT2D eigenvalue weighted by Crippen LogP contribution is 2.51. The fraction of sp³-hybridized carbons (Fsp3) is 0.400. The van der Waals surface area contributed by atoms with Crippen LogP contribution < -0.4 is 0 Å². The zero-order valence-electron chi connectivity index (χ0n) is 28.0. The van der Waals surface area contributed by atoms with Crippen molar-refractivity contribution in [2.45, 2.75) is 104 Å². The number of amides is 4. The first kappa shape index (κ1) is 33.2. The summed E-state index contributed by atoms with van der Waals surface area (Å²) in [5, 5.41) is 6.48. The third-order valence-electron chi connectivity index (χ3n) is 10.8. The molecular weight excluding hydrogens is 732 g/mol. The third-order valence-corrected chi connectivity index (χ3v) is 12.0. The Morgan fingerprint density at radius 2 is 0.896 bits per heavy atom. The van der Waals surface area contributed by atoms with E-state index >= 15 is 0 Å². The lowest BCUT2D eigenvalue weighted by molar-refractivity contribution is 0.0508. The first-order valence-electron chi connectivity index (χ1n) is 17.5. The maximum atomic E-state index is 14.2. The second-order valence-electron chi connectivity index (χ2n) is 13.5. The molecule has 2 aliphatic heterocycles. The van der Waals surface area contributed by atoms with Gasteiger partial charge in [0.15, 0.2) is 0 Å². The summed E-state index contributed by atoms with van der Waals surface area (Å²) in [6.07, 6.45) is 9.20. The van der Waals surface area contributed by atoms with E-state index < -0.39 is 0 Å². The molecule has 7 rings (SSSR count). The molecular formula is C40H40Br2N2O4. The fourth-order valence-electron chi connectivity index (χ4n) is 8.36. The van der Waals surface area contributed by atoms with E-state index in [4.69, 9.17) is 0 Å². The normalized spacial score (nSPS) is 16.0. The van der Waals surface area contributed by atoms with Gasteiger partial charge in [-0.25, -0.2) is 0 Å². The van der Waals surface area contributed by atoms with Crippen molar-refractivity contribution in [2.75, 3.05) is 0 Å². The van der Waals surface area contributed by atoms with E-state index in [2.05, 4.69) is 45.7 Å². The highest BCUT2D eigenvalue weighted by molar-refractivity contribution is 9.11. The molecule has 2 aliphatic rings. The number of carbonyl (C=O) groups excluding carboxylic acids is 4. The molecule has 2 heterocycles. The third kappa shape index (κ3) is 4.76. The van der Waals surface area contributed by atoms with Crippen molar-refractivity contribution < 1.29 is 19.2 Å². The number of unbranched alkanes of at least 4 members (excludes halogenated alkanes) is 4. The summed E-state index contributed by atoms with van der Waals surface area (Å²) in [5.41, 5.74) is 2.11. The predicted molar refractivity (Wildman–Crippen MR) is 200 cm³/mol. The lowest BCUT2D eigenvalue weighted by Crippen LogP contribution is -2.47. The SMILES string of the molecule is CCCCCC(CC)N1C(=O)c2ccc3c4c(Br)cc5c6c(cc(Br)c(c7ccc(c2c37)C1=O)c64)C(=O)N(C(CC)CCCCC)C5=O. The van der Waals surface area contributed by atoms with Gasteiger partial charge in [-0.1, -0.05) is 110 Å². The quantitative estimate of drug-likeness (QED) is 0.0548. The van der Waals surface area contributed by atoms with Crippen LogP contribution in [0.3, 0.4) is 0 Å². The lowest BCUT2D eigenvalue weighted by Gasteiger charge is -2.35. The van der Waals surface area contributed by atoms with Gasteiger partial charge in [-0.2, -0.15) is 0 Å². The van der Waals surface area contributed by atoms with Gasteiger partial charge in [0.05, 0.1) is 0 Å². The van der Waals surface area contributed by atoms with Gasteiger partial charge < -0.3 is 0 Å². The lowest BCUT2D eigenvalue weighted by atomic mass is 9.81. The molecule has 0 bridgehead atoms. The molecule has 248 valence electrons. The number of benzene rings is 5. The van der Waals surface area contributed by atoms with E-state index in [1.165, 1.54) is 9.80 Å². The highest BCUT2D eigenvalue weighted by Gasteiger charge is 2.41. The number of carbonyl (C=O) groups is 4. The smallest absolute Gasteiger partial charge is 0.261 e. The number of rotatable bonds is 12. The molecule has 2 unspecified atom stereocenters. The Balaban J connectivity index is 1.47. The Kier molecular flexibility index (Phi) is 8.86. The Morgan fingerprint density at radius 1 is 0.500 bits per heavy atom. The maximum Gasteiger partial charge on any atom is 0.261 e. The molecule has 0 N–H and O–H groups in total. The van der Waals surface area contributed by atoms with Crippen LogP contribution in [-0.2, 0) is 0 Å². The molecule has 0 saturated heterocycles. The topological polar surface area (TPSA) is 74.8 Å². The van der Waals surface area contributed by atoms with Gasteiger partial charge in [-0.3, -0.25) is 29.0 Å². The number of imide groups is 2. The average Bonchev–Trinajstić information content (AvgIpc) is 3.08. The number of halogens is 2. The van der Waals surface area contributed by atoms with E-state index in [1.807, 2.05) is 50.2 Å². The van der Waals surface area contributed by atoms with Gasteiger partial charge in [0.25, 0.3) is 23.6 Å². The van der Waals surface area contributed by atoms with Gasteiger partial charge in [-0.15, -0.1) is 0 Å². The Bertz CT molecular complexity index is 2050. The molecule has 8 heteroatoms. The van der Waals surface area contributed by atoms with Crippen LogP contribution in [-0.4, -0.2) is 45.5 Å². The van der Waals surface area contributed by atoms with Gasteiger partial charge in [0.2, 0.25) is 0 Å². The van der Waals surface area contributed by atoms with Crippen LogP contribution in [0, 0.1) is 0 Å². The van der Waals surface area contributed by atoms with Gasteiger partial charge in [0.1, 0.15) is 0 Å². The van der Waals surface area contributed by atoms with Gasteiger partial charge >= 0.3 is 0 Å². The van der Waals surface area contributed by atoms with Crippen LogP contribution in [0.2, 0.25) is 0 Å². The van der Waals surface area contributed by atoms with Crippen LogP contribution in [0.25, 0.3) is 43.1 Å². The van der Waals surface area contributed by atoms with Crippen LogP contribution in [0.5, 0.6) is 0 Å². The molecule has 5 aromatic carbocycles. The van der Waals surface area contributed by atoms with Crippen molar-refractivity contribution >= 4 is 98.6 Å². The minimum Gasteiger partial charge on any atom is -0.271 e. The molecule has 4 amide bonds. The molecule has 0 radical (unpaired) electrons. The Labute approximate surface area is 297 Å². The average molecular weight is 773 g/mol. The number of fused-ring (bicyclic) bond motifs is 2. The highest BCUT2D eigenvalue weighted by atomic mass is 79.9. The molecule has 5 aromatic rings. The van der Waals surface area contributed by atoms with Gasteiger partial charge in [-0.05, 0) is 66.1 Å². The zero-order chi connectivity index (χ0) is 34.0. The minimum atomic E-state index is -0.256. The van der Waals surface area contributed by atoms with Crippen molar-refractivity contribution in [1.29, 1.82) is 0 Å². The van der Waals surface area contributed by atoms with E-state index in [1.54, 1.807) is 0 Å². The molecule has 6 nitrogen and oxygen atoms in total. The Hall–Kier alpha value is -3.36. The zero-order valence-corrected chi connectivity index (χ0v) is 31.1. The van der Waals surface area contributed by atoms with E-state index in [0.29, 0.717) is 45.9 Å². The Morgan fingerprint density at radius 3 is 1.29 bits per heavy atom. The van der Waals surface area contributed by atoms with Crippen molar-refractivity contribution in [3.05, 3.63) is 67.6 Å². The summed E-state index contributed by atoms with van der Waals surface area (Å²) in [7, 11) is 0. The molecule has 0 saturated carbocycles. The summed E-state index contributed by atoms with van der Waals surface area (Å²) < 4.78 is 1.47. The standard InChI is InChI=1S/C40H40Br2N2O4/c1-5-9-11-13-21(7-3)43-37(45)25-17-15-23-31-24(16-18-26(32(25)31)38(43)46)35-30(42)20-28-33-27(19-29(41)34(23)36(33)35)39(47)44(40(28)48)22(8-4)14-12-10-6-2/h15-22H,5-14H2,1-4H3. The van der Waals surface area contributed by atoms with Crippen LogP contribution in [0.15, 0.2) is 45.3 Å². The minimum absolute atomic E-state index is 0.152. The van der Waals surface area contributed by atoms with Crippen molar-refractivity contribution in [2.24, 2.45) is 0 Å². The molecule has 0 aromatic heterocycles. The summed E-state index contributed by atoms with van der Waals surface area (Å²) in [6.45, 7) is 8.38. The second kappa shape index (κ2) is 12.8. The van der Waals surface area contributed by atoms with Crippen molar-refractivity contribution in [1.82, 2.24) is 9.80 Å². The second-order valence-corrected chi connectivity index (χ2v) is 15.2. The first-order valence-corrected chi connectivity index (χ1v) is 19.1. The number of hydrogen-bond donors (Lipinski definition) is 0. The van der Waals surface area contributed by atoms with E-state index in [0.717, 1.165) is 92.6 Å². The van der Waals surface area contributed by atoms with Gasteiger partial charge in [0, 0.05) is 70.2 Å². The van der Waals surface area contributed by atoms with E-state index in [9.17, 15) is 19.2 Å². The van der Waals surface area contributed by atoms with Crippen molar-refractivity contribution in [3.8, 4) is 0 Å². The maximum absolute atomic E-state index is 14.2. The summed E-state index contributed by atoms with van der Waals surface area (Å²) in [4.78, 5) is 59.8. The number of hydrogen-bond acceptors (Lipinski definition) is 4. The first-order chi connectivity index (χ1) is 23.2. The number of nitrogens with zero attached hydrogens (tertiary/aromatic N) is 2. The fourth-order valence-corrected chi connectivity index (χ4v) is 9.64. The molecule has 0 spiro atoms. The van der Waals surface area contributed by atoms with Crippen molar-refractivity contribution in [3.63, 3.8) is 0 Å². The predicted octanol–water partition coefficient (Wildman–Crippen LogP) is 11.2. The summed E-state index contributed by atoms with van der Waals surface area (Å²) >= 11 is 7.68. The summed E-state index contributed by atoms with van der Waals surface area (Å²) in [6, 6.07) is 11.1. The van der Waals surface area contributed by atoms with Crippen LogP contribution in [0.4, 0.5) is 0 Å². The largest absolute Gasteiger partial charge is 0.271 e.